The Morgan fingerprint density at radius 1 is 0.475 bits per heavy atom. The summed E-state index contributed by atoms with van der Waals surface area (Å²) in [7, 11) is -4.32. The molecule has 0 aromatic rings. The van der Waals surface area contributed by atoms with E-state index in [4.69, 9.17) is 0 Å². The Morgan fingerprint density at radius 2 is 0.814 bits per heavy atom. The molecule has 2 unspecified atom stereocenters. The highest BCUT2D eigenvalue weighted by atomic mass is 32.2. The van der Waals surface area contributed by atoms with Crippen molar-refractivity contribution in [1.82, 2.24) is 5.32 Å². The van der Waals surface area contributed by atoms with E-state index < -0.39 is 28.0 Å². The molecule has 0 aliphatic heterocycles. The van der Waals surface area contributed by atoms with Crippen molar-refractivity contribution in [1.29, 1.82) is 0 Å². The zero-order valence-electron chi connectivity index (χ0n) is 38.9. The monoisotopic (exact) mass is 848 g/mol. The molecule has 0 aromatic heterocycles. The Labute approximate surface area is 367 Å². The van der Waals surface area contributed by atoms with Crippen molar-refractivity contribution in [3.05, 3.63) is 48.6 Å². The van der Waals surface area contributed by atoms with Crippen LogP contribution in [0.25, 0.3) is 0 Å². The van der Waals surface area contributed by atoms with E-state index in [9.17, 15) is 22.9 Å². The Kier molecular flexibility index (Phi) is 44.5. The molecule has 0 rings (SSSR count). The van der Waals surface area contributed by atoms with Crippen LogP contribution in [0.4, 0.5) is 0 Å². The minimum Gasteiger partial charge on any atom is -0.391 e. The van der Waals surface area contributed by atoms with Gasteiger partial charge in [0.2, 0.25) is 5.91 Å². The summed E-state index contributed by atoms with van der Waals surface area (Å²) < 4.78 is 32.8. The molecule has 7 heteroatoms. The van der Waals surface area contributed by atoms with Gasteiger partial charge in [-0.05, 0) is 51.4 Å². The summed E-state index contributed by atoms with van der Waals surface area (Å²) in [5.41, 5.74) is 0. The van der Waals surface area contributed by atoms with E-state index in [2.05, 4.69) is 67.8 Å². The number of rotatable bonds is 46. The summed E-state index contributed by atoms with van der Waals surface area (Å²) in [5, 5.41) is 13.5. The standard InChI is InChI=1S/C52H97NO5S/c1-3-5-7-9-11-13-15-17-19-21-23-25-26-28-30-32-34-36-38-40-42-44-46-48-52(55)53-50(49-59(56,57)58)51(54)47-45-43-41-39-37-35-33-31-29-27-24-22-20-18-16-14-12-10-8-6-4-2/h5,7,11,13,17,19,23,25,50-51,54H,3-4,6,8-10,12,14-16,18,20-22,24,26-49H2,1-2H3,(H,53,55)(H,56,57,58)/b7-5-,13-11-,19-17-,25-23-. The first-order chi connectivity index (χ1) is 28.8. The maximum atomic E-state index is 12.6. The minimum absolute atomic E-state index is 0.248. The molecule has 0 aromatic carbocycles. The molecule has 0 saturated heterocycles. The topological polar surface area (TPSA) is 104 Å². The number of amides is 1. The molecule has 0 spiro atoms. The highest BCUT2D eigenvalue weighted by Crippen LogP contribution is 2.17. The number of unbranched alkanes of at least 4 members (excludes halogenated alkanes) is 30. The first-order valence-corrected chi connectivity index (χ1v) is 26.9. The Bertz CT molecular complexity index is 1110. The molecule has 3 N–H and O–H groups in total. The molecular weight excluding hydrogens is 751 g/mol. The van der Waals surface area contributed by atoms with Crippen molar-refractivity contribution in [2.75, 3.05) is 5.75 Å². The molecule has 59 heavy (non-hydrogen) atoms. The van der Waals surface area contributed by atoms with Crippen LogP contribution in [-0.4, -0.2) is 41.9 Å². The van der Waals surface area contributed by atoms with Gasteiger partial charge in [0.15, 0.2) is 0 Å². The molecule has 0 aliphatic carbocycles. The predicted molar refractivity (Wildman–Crippen MR) is 258 cm³/mol. The smallest absolute Gasteiger partial charge is 0.266 e. The third-order valence-electron chi connectivity index (χ3n) is 11.5. The first kappa shape index (κ1) is 57.3. The maximum Gasteiger partial charge on any atom is 0.266 e. The first-order valence-electron chi connectivity index (χ1n) is 25.3. The van der Waals surface area contributed by atoms with Crippen LogP contribution in [-0.2, 0) is 14.9 Å². The Hall–Kier alpha value is -1.70. The van der Waals surface area contributed by atoms with Crippen molar-refractivity contribution < 1.29 is 22.9 Å². The van der Waals surface area contributed by atoms with Crippen LogP contribution < -0.4 is 5.32 Å². The second kappa shape index (κ2) is 45.8. The lowest BCUT2D eigenvalue weighted by molar-refractivity contribution is -0.122. The molecule has 0 fully saturated rings. The molecule has 0 aliphatic rings. The van der Waals surface area contributed by atoms with Crippen molar-refractivity contribution in [3.63, 3.8) is 0 Å². The van der Waals surface area contributed by atoms with Crippen LogP contribution in [0.5, 0.6) is 0 Å². The fraction of sp³-hybridized carbons (Fsp3) is 0.827. The van der Waals surface area contributed by atoms with E-state index in [-0.39, 0.29) is 5.91 Å². The quantitative estimate of drug-likeness (QED) is 0.0322. The Balaban J connectivity index is 3.76. The summed E-state index contributed by atoms with van der Waals surface area (Å²) in [6.45, 7) is 4.44. The number of carbonyl (C=O) groups is 1. The molecule has 2 atom stereocenters. The number of nitrogens with one attached hydrogen (secondary N) is 1. The van der Waals surface area contributed by atoms with Crippen LogP contribution in [0.1, 0.15) is 258 Å². The zero-order valence-corrected chi connectivity index (χ0v) is 39.7. The normalized spacial score (nSPS) is 13.5. The van der Waals surface area contributed by atoms with Gasteiger partial charge >= 0.3 is 0 Å². The third-order valence-corrected chi connectivity index (χ3v) is 12.3. The van der Waals surface area contributed by atoms with E-state index in [0.717, 1.165) is 64.2 Å². The average molecular weight is 848 g/mol. The largest absolute Gasteiger partial charge is 0.391 e. The van der Waals surface area contributed by atoms with Gasteiger partial charge < -0.3 is 10.4 Å². The van der Waals surface area contributed by atoms with E-state index in [1.54, 1.807) is 0 Å². The summed E-state index contributed by atoms with van der Waals surface area (Å²) >= 11 is 0. The summed E-state index contributed by atoms with van der Waals surface area (Å²) in [6.07, 6.45) is 62.2. The molecule has 1 amide bonds. The van der Waals surface area contributed by atoms with Gasteiger partial charge in [0.05, 0.1) is 17.9 Å². The molecule has 346 valence electrons. The predicted octanol–water partition coefficient (Wildman–Crippen LogP) is 15.8. The fourth-order valence-corrected chi connectivity index (χ4v) is 8.56. The highest BCUT2D eigenvalue weighted by molar-refractivity contribution is 7.85. The minimum atomic E-state index is -4.32. The van der Waals surface area contributed by atoms with E-state index >= 15 is 0 Å². The lowest BCUT2D eigenvalue weighted by Crippen LogP contribution is -2.47. The third kappa shape index (κ3) is 47.2. The summed E-state index contributed by atoms with van der Waals surface area (Å²) in [5.74, 6) is -0.898. The highest BCUT2D eigenvalue weighted by Gasteiger charge is 2.26. The van der Waals surface area contributed by atoms with Crippen LogP contribution in [0.3, 0.4) is 0 Å². The zero-order chi connectivity index (χ0) is 43.2. The number of allylic oxidation sites excluding steroid dienone is 8. The van der Waals surface area contributed by atoms with Crippen molar-refractivity contribution in [2.45, 2.75) is 270 Å². The van der Waals surface area contributed by atoms with E-state index in [0.29, 0.717) is 12.8 Å². The van der Waals surface area contributed by atoms with Gasteiger partial charge in [-0.15, -0.1) is 0 Å². The molecule has 0 saturated carbocycles. The lowest BCUT2D eigenvalue weighted by atomic mass is 10.0. The second-order valence-electron chi connectivity index (χ2n) is 17.4. The van der Waals surface area contributed by atoms with Gasteiger partial charge in [0, 0.05) is 6.42 Å². The van der Waals surface area contributed by atoms with Gasteiger partial charge in [-0.1, -0.05) is 249 Å². The fourth-order valence-electron chi connectivity index (χ4n) is 7.80. The van der Waals surface area contributed by atoms with Crippen LogP contribution in [0, 0.1) is 0 Å². The van der Waals surface area contributed by atoms with Gasteiger partial charge in [-0.25, -0.2) is 0 Å². The SMILES string of the molecule is CC/C=C\C/C=C\C/C=C\C/C=C\CCCCCCCCCCCCC(=O)NC(CS(=O)(=O)O)C(O)CCCCCCCCCCCCCCCCCCCCCCC. The van der Waals surface area contributed by atoms with Crippen LogP contribution in [0.2, 0.25) is 0 Å². The van der Waals surface area contributed by atoms with Gasteiger partial charge in [0.1, 0.15) is 0 Å². The maximum absolute atomic E-state index is 12.6. The van der Waals surface area contributed by atoms with Gasteiger partial charge in [-0.3, -0.25) is 9.35 Å². The summed E-state index contributed by atoms with van der Waals surface area (Å²) in [6, 6.07) is -0.975. The van der Waals surface area contributed by atoms with Crippen LogP contribution in [0.15, 0.2) is 48.6 Å². The second-order valence-corrected chi connectivity index (χ2v) is 18.9. The van der Waals surface area contributed by atoms with Gasteiger partial charge in [0.25, 0.3) is 10.1 Å². The molecule has 0 radical (unpaired) electrons. The Morgan fingerprint density at radius 3 is 1.20 bits per heavy atom. The number of hydrogen-bond acceptors (Lipinski definition) is 4. The van der Waals surface area contributed by atoms with Crippen molar-refractivity contribution >= 4 is 16.0 Å². The van der Waals surface area contributed by atoms with Crippen molar-refractivity contribution in [2.24, 2.45) is 0 Å². The number of carbonyl (C=O) groups excluding carboxylic acids is 1. The number of aliphatic hydroxyl groups is 1. The molecule has 0 heterocycles. The van der Waals surface area contributed by atoms with Gasteiger partial charge in [-0.2, -0.15) is 8.42 Å². The van der Waals surface area contributed by atoms with E-state index in [1.165, 1.54) is 167 Å². The molecular formula is C52H97NO5S. The molecule has 0 bridgehead atoms. The molecule has 6 nitrogen and oxygen atoms in total. The summed E-state index contributed by atoms with van der Waals surface area (Å²) in [4.78, 5) is 12.6. The van der Waals surface area contributed by atoms with E-state index in [1.807, 2.05) is 0 Å². The van der Waals surface area contributed by atoms with Crippen LogP contribution >= 0.6 is 0 Å². The van der Waals surface area contributed by atoms with Crippen molar-refractivity contribution in [3.8, 4) is 0 Å². The number of hydrogen-bond donors (Lipinski definition) is 3. The lowest BCUT2D eigenvalue weighted by Gasteiger charge is -2.23. The average Bonchev–Trinajstić information content (AvgIpc) is 3.20. The number of aliphatic hydroxyl groups excluding tert-OH is 1.